The Hall–Kier alpha value is -2.08. The van der Waals surface area contributed by atoms with Crippen LogP contribution in [0.15, 0.2) is 12.1 Å². The minimum absolute atomic E-state index is 0.0882. The number of halogens is 2. The summed E-state index contributed by atoms with van der Waals surface area (Å²) in [6, 6.07) is 1.98. The molecule has 0 aliphatic carbocycles. The summed E-state index contributed by atoms with van der Waals surface area (Å²) in [4.78, 5) is 16.0. The highest BCUT2D eigenvalue weighted by molar-refractivity contribution is 6.11. The molecule has 1 aromatic carbocycles. The number of carbonyl (C=O) groups excluding carboxylic acids is 1. The van der Waals surface area contributed by atoms with Gasteiger partial charge in [0.2, 0.25) is 5.88 Å². The van der Waals surface area contributed by atoms with Crippen LogP contribution in [0.3, 0.4) is 0 Å². The summed E-state index contributed by atoms with van der Waals surface area (Å²) in [5, 5.41) is 0.574. The van der Waals surface area contributed by atoms with Crippen LogP contribution >= 0.6 is 0 Å². The first-order valence-corrected chi connectivity index (χ1v) is 5.58. The average Bonchev–Trinajstić information content (AvgIpc) is 2.39. The first kappa shape index (κ1) is 12.0. The van der Waals surface area contributed by atoms with Crippen molar-refractivity contribution in [1.82, 2.24) is 4.98 Å². The summed E-state index contributed by atoms with van der Waals surface area (Å²) in [7, 11) is 1.38. The van der Waals surface area contributed by atoms with E-state index in [4.69, 9.17) is 9.47 Å². The SMILES string of the molecule is COc1nc2c(c3cc(F)c(F)cc13)C(=O)COC2. The van der Waals surface area contributed by atoms with Crippen LogP contribution in [0.5, 0.6) is 5.88 Å². The summed E-state index contributed by atoms with van der Waals surface area (Å²) in [6.07, 6.45) is 0. The predicted octanol–water partition coefficient (Wildman–Crippen LogP) is 2.23. The largest absolute Gasteiger partial charge is 0.481 e. The topological polar surface area (TPSA) is 48.4 Å². The van der Waals surface area contributed by atoms with E-state index in [1.807, 2.05) is 0 Å². The number of benzene rings is 1. The summed E-state index contributed by atoms with van der Waals surface area (Å²) in [5.74, 6) is -2.17. The summed E-state index contributed by atoms with van der Waals surface area (Å²) < 4.78 is 36.9. The first-order chi connectivity index (χ1) is 9.11. The van der Waals surface area contributed by atoms with Gasteiger partial charge in [-0.25, -0.2) is 13.8 Å². The lowest BCUT2D eigenvalue weighted by Gasteiger charge is -2.18. The third-order valence-corrected chi connectivity index (χ3v) is 3.03. The van der Waals surface area contributed by atoms with E-state index in [9.17, 15) is 13.6 Å². The van der Waals surface area contributed by atoms with Gasteiger partial charge in [-0.2, -0.15) is 0 Å². The number of Topliss-reactive ketones (excluding diaryl/α,β-unsaturated/α-hetero) is 1. The van der Waals surface area contributed by atoms with Gasteiger partial charge >= 0.3 is 0 Å². The number of carbonyl (C=O) groups is 1. The minimum atomic E-state index is -1.01. The molecule has 0 N–H and O–H groups in total. The van der Waals surface area contributed by atoms with Crippen LogP contribution in [0.2, 0.25) is 0 Å². The van der Waals surface area contributed by atoms with Gasteiger partial charge in [0.15, 0.2) is 17.4 Å². The molecule has 0 spiro atoms. The molecule has 2 aromatic rings. The zero-order chi connectivity index (χ0) is 13.6. The van der Waals surface area contributed by atoms with E-state index in [-0.39, 0.29) is 35.8 Å². The molecule has 19 heavy (non-hydrogen) atoms. The molecule has 0 amide bonds. The lowest BCUT2D eigenvalue weighted by atomic mass is 9.99. The quantitative estimate of drug-likeness (QED) is 0.793. The van der Waals surface area contributed by atoms with E-state index in [1.165, 1.54) is 7.11 Å². The van der Waals surface area contributed by atoms with Gasteiger partial charge in [0.05, 0.1) is 25.0 Å². The molecule has 4 nitrogen and oxygen atoms in total. The van der Waals surface area contributed by atoms with Crippen molar-refractivity contribution in [2.75, 3.05) is 13.7 Å². The average molecular weight is 265 g/mol. The van der Waals surface area contributed by atoms with E-state index < -0.39 is 11.6 Å². The first-order valence-electron chi connectivity index (χ1n) is 5.58. The van der Waals surface area contributed by atoms with Gasteiger partial charge in [-0.15, -0.1) is 0 Å². The van der Waals surface area contributed by atoms with Gasteiger partial charge in [-0.1, -0.05) is 0 Å². The van der Waals surface area contributed by atoms with Gasteiger partial charge < -0.3 is 9.47 Å². The van der Waals surface area contributed by atoms with E-state index in [0.717, 1.165) is 12.1 Å². The molecule has 1 aliphatic rings. The predicted molar refractivity (Wildman–Crippen MR) is 62.2 cm³/mol. The van der Waals surface area contributed by atoms with Gasteiger partial charge in [-0.05, 0) is 12.1 Å². The molecule has 2 heterocycles. The van der Waals surface area contributed by atoms with Crippen LogP contribution in [-0.4, -0.2) is 24.5 Å². The number of ether oxygens (including phenoxy) is 2. The van der Waals surface area contributed by atoms with Crippen molar-refractivity contribution < 1.29 is 23.0 Å². The fourth-order valence-electron chi connectivity index (χ4n) is 2.21. The molecule has 0 bridgehead atoms. The zero-order valence-corrected chi connectivity index (χ0v) is 10.00. The third-order valence-electron chi connectivity index (χ3n) is 3.03. The van der Waals surface area contributed by atoms with Gasteiger partial charge in [-0.3, -0.25) is 4.79 Å². The van der Waals surface area contributed by atoms with Gasteiger partial charge in [0.1, 0.15) is 6.61 Å². The second-order valence-corrected chi connectivity index (χ2v) is 4.17. The van der Waals surface area contributed by atoms with Crippen molar-refractivity contribution in [3.8, 4) is 5.88 Å². The van der Waals surface area contributed by atoms with Crippen molar-refractivity contribution in [2.45, 2.75) is 6.61 Å². The van der Waals surface area contributed by atoms with Gasteiger partial charge in [0.25, 0.3) is 0 Å². The van der Waals surface area contributed by atoms with Crippen molar-refractivity contribution in [2.24, 2.45) is 0 Å². The Balaban J connectivity index is 2.45. The molecule has 0 unspecified atom stereocenters. The normalized spacial score (nSPS) is 14.6. The van der Waals surface area contributed by atoms with Crippen molar-refractivity contribution in [1.29, 1.82) is 0 Å². The lowest BCUT2D eigenvalue weighted by molar-refractivity contribution is 0.0657. The second-order valence-electron chi connectivity index (χ2n) is 4.17. The highest BCUT2D eigenvalue weighted by atomic mass is 19.2. The highest BCUT2D eigenvalue weighted by Gasteiger charge is 2.25. The Morgan fingerprint density at radius 1 is 1.21 bits per heavy atom. The maximum atomic E-state index is 13.4. The molecule has 0 saturated carbocycles. The minimum Gasteiger partial charge on any atom is -0.481 e. The van der Waals surface area contributed by atoms with E-state index in [2.05, 4.69) is 4.98 Å². The maximum absolute atomic E-state index is 13.4. The second kappa shape index (κ2) is 4.24. The van der Waals surface area contributed by atoms with Crippen LogP contribution in [0.25, 0.3) is 10.8 Å². The molecule has 1 aromatic heterocycles. The van der Waals surface area contributed by atoms with Crippen LogP contribution < -0.4 is 4.74 Å². The molecular formula is C13H9F2NO3. The third kappa shape index (κ3) is 1.76. The molecule has 0 fully saturated rings. The Morgan fingerprint density at radius 3 is 2.58 bits per heavy atom. The molecule has 0 atom stereocenters. The number of pyridine rings is 1. The van der Waals surface area contributed by atoms with Crippen LogP contribution in [-0.2, 0) is 11.3 Å². The van der Waals surface area contributed by atoms with E-state index in [1.54, 1.807) is 0 Å². The summed E-state index contributed by atoms with van der Waals surface area (Å²) in [6.45, 7) is 0.0570. The number of hydrogen-bond donors (Lipinski definition) is 0. The van der Waals surface area contributed by atoms with Crippen LogP contribution in [0, 0.1) is 11.6 Å². The van der Waals surface area contributed by atoms with E-state index >= 15 is 0 Å². The van der Waals surface area contributed by atoms with Crippen molar-refractivity contribution in [3.05, 3.63) is 35.0 Å². The fourth-order valence-corrected chi connectivity index (χ4v) is 2.21. The fraction of sp³-hybridized carbons (Fsp3) is 0.231. The van der Waals surface area contributed by atoms with Gasteiger partial charge in [0, 0.05) is 10.8 Å². The molecule has 0 saturated heterocycles. The Bertz CT molecular complexity index is 700. The zero-order valence-electron chi connectivity index (χ0n) is 10.00. The number of hydrogen-bond acceptors (Lipinski definition) is 4. The highest BCUT2D eigenvalue weighted by Crippen LogP contribution is 2.32. The van der Waals surface area contributed by atoms with Crippen LogP contribution in [0.4, 0.5) is 8.78 Å². The molecule has 3 rings (SSSR count). The maximum Gasteiger partial charge on any atom is 0.221 e. The smallest absolute Gasteiger partial charge is 0.221 e. The summed E-state index contributed by atoms with van der Waals surface area (Å²) >= 11 is 0. The van der Waals surface area contributed by atoms with Crippen LogP contribution in [0.1, 0.15) is 16.1 Å². The van der Waals surface area contributed by atoms with E-state index in [0.29, 0.717) is 11.1 Å². The molecular weight excluding hydrogens is 256 g/mol. The number of methoxy groups -OCH3 is 1. The number of ketones is 1. The monoisotopic (exact) mass is 265 g/mol. The number of rotatable bonds is 1. The molecule has 1 aliphatic heterocycles. The Morgan fingerprint density at radius 2 is 1.89 bits per heavy atom. The van der Waals surface area contributed by atoms with Crippen molar-refractivity contribution in [3.63, 3.8) is 0 Å². The Labute approximate surface area is 107 Å². The van der Waals surface area contributed by atoms with Crippen molar-refractivity contribution >= 4 is 16.6 Å². The molecule has 98 valence electrons. The molecule has 6 heteroatoms. The lowest BCUT2D eigenvalue weighted by Crippen LogP contribution is -2.20. The summed E-state index contributed by atoms with van der Waals surface area (Å²) in [5.41, 5.74) is 0.660. The number of nitrogens with zero attached hydrogens (tertiary/aromatic N) is 1. The number of aromatic nitrogens is 1. The Kier molecular flexibility index (Phi) is 2.67. The standard InChI is InChI=1S/C13H9F2NO3/c1-18-13-7-3-9(15)8(14)2-6(7)12-10(16-13)4-19-5-11(12)17/h2-3H,4-5H2,1H3. The molecule has 0 radical (unpaired) electrons. The number of fused-ring (bicyclic) bond motifs is 3.